The van der Waals surface area contributed by atoms with Crippen molar-refractivity contribution in [3.8, 4) is 0 Å². The number of hydrogen-bond donors (Lipinski definition) is 3. The van der Waals surface area contributed by atoms with E-state index in [2.05, 4.69) is 5.32 Å². The maximum absolute atomic E-state index is 10.5. The second kappa shape index (κ2) is 2.98. The summed E-state index contributed by atoms with van der Waals surface area (Å²) in [6.45, 7) is 1.85. The summed E-state index contributed by atoms with van der Waals surface area (Å²) in [6, 6.07) is 0. The standard InChI is InChI=1S/C6H12N2O2/c7-1-5(6(9)10)4-2-8-3-4/h4-5,8H,1-3,7H2,(H,9,10). The molecule has 4 N–H and O–H groups in total. The molecule has 1 rings (SSSR count). The van der Waals surface area contributed by atoms with Gasteiger partial charge in [-0.05, 0) is 5.92 Å². The average molecular weight is 144 g/mol. The van der Waals surface area contributed by atoms with Crippen LogP contribution in [-0.4, -0.2) is 30.7 Å². The Labute approximate surface area is 59.4 Å². The summed E-state index contributed by atoms with van der Waals surface area (Å²) in [4.78, 5) is 10.5. The highest BCUT2D eigenvalue weighted by molar-refractivity contribution is 5.70. The molecule has 0 saturated carbocycles. The highest BCUT2D eigenvalue weighted by Crippen LogP contribution is 2.14. The third-order valence-corrected chi connectivity index (χ3v) is 1.95. The van der Waals surface area contributed by atoms with Crippen molar-refractivity contribution in [2.45, 2.75) is 0 Å². The van der Waals surface area contributed by atoms with Gasteiger partial charge in [-0.25, -0.2) is 0 Å². The monoisotopic (exact) mass is 144 g/mol. The molecule has 0 aromatic carbocycles. The number of nitrogens with two attached hydrogens (primary N) is 1. The van der Waals surface area contributed by atoms with Crippen LogP contribution >= 0.6 is 0 Å². The molecule has 0 aromatic heterocycles. The Balaban J connectivity index is 2.39. The van der Waals surface area contributed by atoms with Crippen LogP contribution < -0.4 is 11.1 Å². The molecule has 0 amide bonds. The van der Waals surface area contributed by atoms with Crippen LogP contribution in [0.25, 0.3) is 0 Å². The first-order valence-corrected chi connectivity index (χ1v) is 3.39. The minimum absolute atomic E-state index is 0.252. The Morgan fingerprint density at radius 2 is 2.40 bits per heavy atom. The van der Waals surface area contributed by atoms with Crippen molar-refractivity contribution < 1.29 is 9.90 Å². The predicted octanol–water partition coefficient (Wildman–Crippen LogP) is -1.13. The Hall–Kier alpha value is -0.610. The first-order valence-electron chi connectivity index (χ1n) is 3.39. The van der Waals surface area contributed by atoms with E-state index in [1.807, 2.05) is 0 Å². The number of nitrogens with one attached hydrogen (secondary N) is 1. The Bertz CT molecular complexity index is 134. The zero-order chi connectivity index (χ0) is 7.56. The fourth-order valence-electron chi connectivity index (χ4n) is 1.09. The summed E-state index contributed by atoms with van der Waals surface area (Å²) in [5.41, 5.74) is 5.28. The van der Waals surface area contributed by atoms with Gasteiger partial charge < -0.3 is 16.2 Å². The van der Waals surface area contributed by atoms with Gasteiger partial charge in [0, 0.05) is 19.6 Å². The summed E-state index contributed by atoms with van der Waals surface area (Å²) in [5, 5.41) is 11.6. The third kappa shape index (κ3) is 1.27. The largest absolute Gasteiger partial charge is 0.481 e. The van der Waals surface area contributed by atoms with Crippen molar-refractivity contribution in [2.24, 2.45) is 17.6 Å². The maximum atomic E-state index is 10.5. The number of aliphatic carboxylic acids is 1. The maximum Gasteiger partial charge on any atom is 0.308 e. The van der Waals surface area contributed by atoms with Crippen molar-refractivity contribution in [1.82, 2.24) is 5.32 Å². The molecule has 0 radical (unpaired) electrons. The highest BCUT2D eigenvalue weighted by atomic mass is 16.4. The highest BCUT2D eigenvalue weighted by Gasteiger charge is 2.30. The third-order valence-electron chi connectivity index (χ3n) is 1.95. The number of carbonyl (C=O) groups is 1. The molecule has 0 aromatic rings. The van der Waals surface area contributed by atoms with Crippen LogP contribution in [0.5, 0.6) is 0 Å². The lowest BCUT2D eigenvalue weighted by Crippen LogP contribution is -2.50. The van der Waals surface area contributed by atoms with Gasteiger partial charge in [0.15, 0.2) is 0 Å². The molecule has 1 fully saturated rings. The van der Waals surface area contributed by atoms with E-state index in [-0.39, 0.29) is 18.4 Å². The van der Waals surface area contributed by atoms with Gasteiger partial charge in [-0.1, -0.05) is 0 Å². The van der Waals surface area contributed by atoms with Gasteiger partial charge in [0.1, 0.15) is 0 Å². The smallest absolute Gasteiger partial charge is 0.308 e. The van der Waals surface area contributed by atoms with Gasteiger partial charge >= 0.3 is 5.97 Å². The van der Waals surface area contributed by atoms with Crippen LogP contribution in [0.15, 0.2) is 0 Å². The zero-order valence-corrected chi connectivity index (χ0v) is 5.71. The summed E-state index contributed by atoms with van der Waals surface area (Å²) in [7, 11) is 0. The first kappa shape index (κ1) is 7.50. The van der Waals surface area contributed by atoms with Gasteiger partial charge in [-0.3, -0.25) is 4.79 Å². The molecule has 1 heterocycles. The SMILES string of the molecule is NCC(C(=O)O)C1CNC1. The lowest BCUT2D eigenvalue weighted by Gasteiger charge is -2.31. The molecular formula is C6H12N2O2. The molecule has 0 aliphatic carbocycles. The number of carboxylic acid groups (broad SMARTS) is 1. The summed E-state index contributed by atoms with van der Waals surface area (Å²) in [5.74, 6) is -0.863. The van der Waals surface area contributed by atoms with Crippen LogP contribution in [0.1, 0.15) is 0 Å². The zero-order valence-electron chi connectivity index (χ0n) is 5.71. The fraction of sp³-hybridized carbons (Fsp3) is 0.833. The summed E-state index contributed by atoms with van der Waals surface area (Å²) in [6.07, 6.45) is 0. The van der Waals surface area contributed by atoms with Gasteiger partial charge in [0.25, 0.3) is 0 Å². The van der Waals surface area contributed by atoms with E-state index in [0.717, 1.165) is 13.1 Å². The molecule has 1 aliphatic rings. The van der Waals surface area contributed by atoms with E-state index >= 15 is 0 Å². The van der Waals surface area contributed by atoms with Crippen molar-refractivity contribution in [2.75, 3.05) is 19.6 Å². The molecular weight excluding hydrogens is 132 g/mol. The molecule has 0 bridgehead atoms. The molecule has 4 heteroatoms. The van der Waals surface area contributed by atoms with Gasteiger partial charge in [-0.2, -0.15) is 0 Å². The van der Waals surface area contributed by atoms with Gasteiger partial charge in [0.2, 0.25) is 0 Å². The van der Waals surface area contributed by atoms with Crippen molar-refractivity contribution in [3.63, 3.8) is 0 Å². The Morgan fingerprint density at radius 1 is 1.80 bits per heavy atom. The molecule has 10 heavy (non-hydrogen) atoms. The van der Waals surface area contributed by atoms with E-state index in [0.29, 0.717) is 0 Å². The van der Waals surface area contributed by atoms with Gasteiger partial charge in [0.05, 0.1) is 5.92 Å². The topological polar surface area (TPSA) is 75.4 Å². The predicted molar refractivity (Wildman–Crippen MR) is 36.5 cm³/mol. The first-order chi connectivity index (χ1) is 4.75. The van der Waals surface area contributed by atoms with Crippen LogP contribution in [0.4, 0.5) is 0 Å². The molecule has 1 saturated heterocycles. The molecule has 0 spiro atoms. The normalized spacial score (nSPS) is 21.7. The Morgan fingerprint density at radius 3 is 2.50 bits per heavy atom. The molecule has 1 atom stereocenters. The quantitative estimate of drug-likeness (QED) is 0.468. The molecule has 1 unspecified atom stereocenters. The van der Waals surface area contributed by atoms with E-state index in [4.69, 9.17) is 10.8 Å². The van der Waals surface area contributed by atoms with Crippen LogP contribution in [0.2, 0.25) is 0 Å². The number of hydrogen-bond acceptors (Lipinski definition) is 3. The fourth-order valence-corrected chi connectivity index (χ4v) is 1.09. The van der Waals surface area contributed by atoms with E-state index in [9.17, 15) is 4.79 Å². The number of carboxylic acids is 1. The van der Waals surface area contributed by atoms with Crippen molar-refractivity contribution in [1.29, 1.82) is 0 Å². The van der Waals surface area contributed by atoms with E-state index < -0.39 is 5.97 Å². The lowest BCUT2D eigenvalue weighted by atomic mass is 9.88. The minimum atomic E-state index is -0.769. The number of rotatable bonds is 3. The lowest BCUT2D eigenvalue weighted by molar-refractivity contribution is -0.143. The van der Waals surface area contributed by atoms with Crippen LogP contribution in [-0.2, 0) is 4.79 Å². The summed E-state index contributed by atoms with van der Waals surface area (Å²) < 4.78 is 0. The average Bonchev–Trinajstić information content (AvgIpc) is 1.76. The van der Waals surface area contributed by atoms with Crippen LogP contribution in [0, 0.1) is 11.8 Å². The second-order valence-electron chi connectivity index (χ2n) is 2.60. The Kier molecular flexibility index (Phi) is 2.24. The van der Waals surface area contributed by atoms with Crippen molar-refractivity contribution in [3.05, 3.63) is 0 Å². The van der Waals surface area contributed by atoms with Crippen LogP contribution in [0.3, 0.4) is 0 Å². The second-order valence-corrected chi connectivity index (χ2v) is 2.60. The molecule has 1 aliphatic heterocycles. The van der Waals surface area contributed by atoms with E-state index in [1.54, 1.807) is 0 Å². The molecule has 58 valence electrons. The van der Waals surface area contributed by atoms with Gasteiger partial charge in [-0.15, -0.1) is 0 Å². The summed E-state index contributed by atoms with van der Waals surface area (Å²) >= 11 is 0. The molecule has 4 nitrogen and oxygen atoms in total. The van der Waals surface area contributed by atoms with Crippen molar-refractivity contribution >= 4 is 5.97 Å². The minimum Gasteiger partial charge on any atom is -0.481 e. The van der Waals surface area contributed by atoms with E-state index in [1.165, 1.54) is 0 Å².